The number of aryl methyl sites for hydroxylation is 3. The van der Waals surface area contributed by atoms with E-state index in [-0.39, 0.29) is 6.54 Å². The number of nitrogens with one attached hydrogen (secondary N) is 1. The number of imide groups is 1. The van der Waals surface area contributed by atoms with Crippen LogP contribution in [0.1, 0.15) is 30.0 Å². The van der Waals surface area contributed by atoms with E-state index in [4.69, 9.17) is 0 Å². The SMILES string of the molecule is CCCn1cc(/C=C2\SC(=O)N(CC(=O)Nc3c(C)cccc3C)C2=O)c2ccccc21. The van der Waals surface area contributed by atoms with Gasteiger partial charge in [0.2, 0.25) is 5.91 Å². The molecule has 164 valence electrons. The van der Waals surface area contributed by atoms with Gasteiger partial charge < -0.3 is 9.88 Å². The first kappa shape index (κ1) is 21.9. The number of benzene rings is 2. The second-order valence-electron chi connectivity index (χ2n) is 7.88. The van der Waals surface area contributed by atoms with Crippen LogP contribution in [0.25, 0.3) is 17.0 Å². The van der Waals surface area contributed by atoms with Crippen LogP contribution in [0.4, 0.5) is 10.5 Å². The van der Waals surface area contributed by atoms with E-state index in [1.54, 1.807) is 6.08 Å². The van der Waals surface area contributed by atoms with Crippen LogP contribution in [0.15, 0.2) is 53.6 Å². The molecule has 2 aromatic carbocycles. The molecule has 0 radical (unpaired) electrons. The molecule has 32 heavy (non-hydrogen) atoms. The highest BCUT2D eigenvalue weighted by Crippen LogP contribution is 2.34. The number of fused-ring (bicyclic) bond motifs is 1. The number of amides is 3. The fraction of sp³-hybridized carbons (Fsp3) is 0.240. The number of hydrogen-bond acceptors (Lipinski definition) is 4. The molecule has 2 heterocycles. The number of nitrogens with zero attached hydrogens (tertiary/aromatic N) is 2. The molecular weight excluding hydrogens is 422 g/mol. The van der Waals surface area contributed by atoms with Gasteiger partial charge in [-0.05, 0) is 55.3 Å². The zero-order valence-electron chi connectivity index (χ0n) is 18.3. The summed E-state index contributed by atoms with van der Waals surface area (Å²) in [5.41, 5.74) is 4.54. The summed E-state index contributed by atoms with van der Waals surface area (Å²) in [5.74, 6) is -0.838. The van der Waals surface area contributed by atoms with E-state index >= 15 is 0 Å². The average molecular weight is 448 g/mol. The Balaban J connectivity index is 1.55. The van der Waals surface area contributed by atoms with E-state index in [2.05, 4.69) is 16.8 Å². The first-order chi connectivity index (χ1) is 15.4. The van der Waals surface area contributed by atoms with Crippen molar-refractivity contribution in [3.63, 3.8) is 0 Å². The molecule has 0 unspecified atom stereocenters. The third kappa shape index (κ3) is 4.21. The lowest BCUT2D eigenvalue weighted by Crippen LogP contribution is -2.36. The molecule has 0 atom stereocenters. The number of carbonyl (C=O) groups is 3. The molecule has 4 rings (SSSR count). The third-order valence-electron chi connectivity index (χ3n) is 5.49. The fourth-order valence-electron chi connectivity index (χ4n) is 3.93. The number of thioether (sulfide) groups is 1. The Hall–Kier alpha value is -3.32. The predicted molar refractivity (Wildman–Crippen MR) is 129 cm³/mol. The maximum atomic E-state index is 12.9. The zero-order valence-corrected chi connectivity index (χ0v) is 19.2. The summed E-state index contributed by atoms with van der Waals surface area (Å²) in [4.78, 5) is 39.4. The largest absolute Gasteiger partial charge is 0.347 e. The Labute approximate surface area is 191 Å². The molecule has 1 saturated heterocycles. The van der Waals surface area contributed by atoms with E-state index in [1.807, 2.05) is 62.5 Å². The topological polar surface area (TPSA) is 71.4 Å². The van der Waals surface area contributed by atoms with Crippen molar-refractivity contribution >= 4 is 51.5 Å². The molecular formula is C25H25N3O3S. The molecule has 0 bridgehead atoms. The molecule has 6 nitrogen and oxygen atoms in total. The number of anilines is 1. The summed E-state index contributed by atoms with van der Waals surface area (Å²) in [5, 5.41) is 3.43. The first-order valence-electron chi connectivity index (χ1n) is 10.6. The first-order valence-corrected chi connectivity index (χ1v) is 11.4. The Morgan fingerprint density at radius 1 is 1.06 bits per heavy atom. The number of aromatic nitrogens is 1. The average Bonchev–Trinajstić information content (AvgIpc) is 3.24. The molecule has 1 aromatic heterocycles. The summed E-state index contributed by atoms with van der Waals surface area (Å²) < 4.78 is 2.16. The smallest absolute Gasteiger partial charge is 0.294 e. The summed E-state index contributed by atoms with van der Waals surface area (Å²) in [6, 6.07) is 13.7. The van der Waals surface area contributed by atoms with Crippen LogP contribution < -0.4 is 5.32 Å². The van der Waals surface area contributed by atoms with Crippen LogP contribution in [0, 0.1) is 13.8 Å². The minimum Gasteiger partial charge on any atom is -0.347 e. The van der Waals surface area contributed by atoms with Crippen LogP contribution in [0.5, 0.6) is 0 Å². The zero-order chi connectivity index (χ0) is 22.8. The van der Waals surface area contributed by atoms with Gasteiger partial charge in [-0.25, -0.2) is 0 Å². The second kappa shape index (κ2) is 9.04. The molecule has 1 aliphatic heterocycles. The summed E-state index contributed by atoms with van der Waals surface area (Å²) in [6.07, 6.45) is 4.75. The quantitative estimate of drug-likeness (QED) is 0.518. The highest BCUT2D eigenvalue weighted by atomic mass is 32.2. The number of rotatable bonds is 6. The van der Waals surface area contributed by atoms with Crippen molar-refractivity contribution in [3.05, 3.63) is 70.3 Å². The minimum atomic E-state index is -0.441. The minimum absolute atomic E-state index is 0.312. The summed E-state index contributed by atoms with van der Waals surface area (Å²) in [7, 11) is 0. The lowest BCUT2D eigenvalue weighted by molar-refractivity contribution is -0.127. The third-order valence-corrected chi connectivity index (χ3v) is 6.40. The van der Waals surface area contributed by atoms with Gasteiger partial charge in [-0.1, -0.05) is 43.3 Å². The Kier molecular flexibility index (Phi) is 6.19. The van der Waals surface area contributed by atoms with E-state index in [0.29, 0.717) is 10.6 Å². The summed E-state index contributed by atoms with van der Waals surface area (Å²) >= 11 is 0.872. The van der Waals surface area contributed by atoms with Crippen molar-refractivity contribution in [3.8, 4) is 0 Å². The highest BCUT2D eigenvalue weighted by molar-refractivity contribution is 8.18. The monoisotopic (exact) mass is 447 g/mol. The predicted octanol–water partition coefficient (Wildman–Crippen LogP) is 5.34. The van der Waals surface area contributed by atoms with E-state index in [0.717, 1.165) is 57.2 Å². The Morgan fingerprint density at radius 3 is 2.50 bits per heavy atom. The molecule has 0 saturated carbocycles. The van der Waals surface area contributed by atoms with Gasteiger partial charge in [0.05, 0.1) is 4.91 Å². The van der Waals surface area contributed by atoms with Gasteiger partial charge in [0.1, 0.15) is 6.54 Å². The molecule has 0 aliphatic carbocycles. The Bertz CT molecular complexity index is 1240. The van der Waals surface area contributed by atoms with Gasteiger partial charge in [0, 0.05) is 34.9 Å². The Morgan fingerprint density at radius 2 is 1.78 bits per heavy atom. The van der Waals surface area contributed by atoms with Crippen LogP contribution in [-0.2, 0) is 16.1 Å². The van der Waals surface area contributed by atoms with Crippen molar-refractivity contribution < 1.29 is 14.4 Å². The van der Waals surface area contributed by atoms with Crippen molar-refractivity contribution in [1.82, 2.24) is 9.47 Å². The van der Waals surface area contributed by atoms with Crippen LogP contribution in [-0.4, -0.2) is 33.1 Å². The highest BCUT2D eigenvalue weighted by Gasteiger charge is 2.36. The van der Waals surface area contributed by atoms with E-state index in [9.17, 15) is 14.4 Å². The molecule has 3 amide bonds. The number of hydrogen-bond donors (Lipinski definition) is 1. The van der Waals surface area contributed by atoms with Crippen LogP contribution in [0.2, 0.25) is 0 Å². The maximum absolute atomic E-state index is 12.9. The van der Waals surface area contributed by atoms with Crippen molar-refractivity contribution in [1.29, 1.82) is 0 Å². The molecule has 7 heteroatoms. The van der Waals surface area contributed by atoms with Crippen LogP contribution in [0.3, 0.4) is 0 Å². The molecule has 3 aromatic rings. The number of carbonyl (C=O) groups excluding carboxylic acids is 3. The second-order valence-corrected chi connectivity index (χ2v) is 8.87. The van der Waals surface area contributed by atoms with Gasteiger partial charge in [-0.3, -0.25) is 19.3 Å². The standard InChI is InChI=1S/C25H25N3O3S/c1-4-12-27-14-18(19-10-5-6-11-20(19)27)13-21-24(30)28(25(31)32-21)15-22(29)26-23-16(2)8-7-9-17(23)3/h5-11,13-14H,4,12,15H2,1-3H3,(H,26,29)/b21-13-. The summed E-state index contributed by atoms with van der Waals surface area (Å²) in [6.45, 7) is 6.48. The lowest BCUT2D eigenvalue weighted by atomic mass is 10.1. The molecule has 0 spiro atoms. The van der Waals surface area contributed by atoms with Gasteiger partial charge in [-0.15, -0.1) is 0 Å². The number of para-hydroxylation sites is 2. The fourth-order valence-corrected chi connectivity index (χ4v) is 4.76. The lowest BCUT2D eigenvalue weighted by Gasteiger charge is -2.15. The molecule has 1 aliphatic rings. The molecule has 1 fully saturated rings. The van der Waals surface area contributed by atoms with Crippen LogP contribution >= 0.6 is 11.8 Å². The van der Waals surface area contributed by atoms with Crippen molar-refractivity contribution in [2.75, 3.05) is 11.9 Å². The van der Waals surface area contributed by atoms with Crippen molar-refractivity contribution in [2.45, 2.75) is 33.7 Å². The van der Waals surface area contributed by atoms with Gasteiger partial charge in [-0.2, -0.15) is 0 Å². The van der Waals surface area contributed by atoms with Gasteiger partial charge >= 0.3 is 0 Å². The normalized spacial score (nSPS) is 15.2. The van der Waals surface area contributed by atoms with E-state index in [1.165, 1.54) is 0 Å². The van der Waals surface area contributed by atoms with Gasteiger partial charge in [0.15, 0.2) is 0 Å². The van der Waals surface area contributed by atoms with E-state index < -0.39 is 17.1 Å². The van der Waals surface area contributed by atoms with Gasteiger partial charge in [0.25, 0.3) is 11.1 Å². The van der Waals surface area contributed by atoms with Crippen molar-refractivity contribution in [2.24, 2.45) is 0 Å². The molecule has 1 N–H and O–H groups in total. The maximum Gasteiger partial charge on any atom is 0.294 e.